The van der Waals surface area contributed by atoms with Crippen LogP contribution in [0.3, 0.4) is 0 Å². The number of H-pyrrole nitrogens is 1. The van der Waals surface area contributed by atoms with Gasteiger partial charge in [-0.05, 0) is 37.1 Å². The van der Waals surface area contributed by atoms with Gasteiger partial charge in [-0.25, -0.2) is 0 Å². The van der Waals surface area contributed by atoms with Crippen molar-refractivity contribution in [2.75, 3.05) is 7.05 Å². The number of nitrogens with zero attached hydrogens (tertiary/aromatic N) is 2. The monoisotopic (exact) mass is 376 g/mol. The molecule has 0 saturated heterocycles. The van der Waals surface area contributed by atoms with Crippen molar-refractivity contribution in [3.63, 3.8) is 0 Å². The van der Waals surface area contributed by atoms with Crippen LogP contribution in [0.1, 0.15) is 53.7 Å². The van der Waals surface area contributed by atoms with Gasteiger partial charge in [0.15, 0.2) is 5.69 Å². The Bertz CT molecular complexity index is 942. The number of fused-ring (bicyclic) bond motifs is 1. The van der Waals surface area contributed by atoms with Gasteiger partial charge >= 0.3 is 0 Å². The maximum atomic E-state index is 12.7. The fourth-order valence-corrected chi connectivity index (χ4v) is 4.20. The van der Waals surface area contributed by atoms with Gasteiger partial charge in [0.1, 0.15) is 0 Å². The van der Waals surface area contributed by atoms with Gasteiger partial charge in [0.05, 0.1) is 5.52 Å². The summed E-state index contributed by atoms with van der Waals surface area (Å²) < 4.78 is 0. The first-order valence-electron chi connectivity index (χ1n) is 10.2. The van der Waals surface area contributed by atoms with Crippen molar-refractivity contribution in [2.24, 2.45) is 0 Å². The molecule has 0 aliphatic heterocycles. The number of carbonyl (C=O) groups is 1. The predicted octanol–water partition coefficient (Wildman–Crippen LogP) is 4.26. The van der Waals surface area contributed by atoms with Crippen LogP contribution in [-0.4, -0.2) is 34.1 Å². The van der Waals surface area contributed by atoms with E-state index < -0.39 is 0 Å². The summed E-state index contributed by atoms with van der Waals surface area (Å²) in [6, 6.07) is 16.8. The van der Waals surface area contributed by atoms with Crippen LogP contribution >= 0.6 is 0 Å². The summed E-state index contributed by atoms with van der Waals surface area (Å²) in [5.74, 6) is -0.145. The lowest BCUT2D eigenvalue weighted by Crippen LogP contribution is -2.33. The minimum Gasteiger partial charge on any atom is -0.347 e. The van der Waals surface area contributed by atoms with E-state index >= 15 is 0 Å². The molecule has 1 amide bonds. The molecule has 2 aromatic carbocycles. The van der Waals surface area contributed by atoms with Crippen molar-refractivity contribution in [3.05, 3.63) is 65.4 Å². The smallest absolute Gasteiger partial charge is 0.272 e. The lowest BCUT2D eigenvalue weighted by atomic mass is 9.94. The summed E-state index contributed by atoms with van der Waals surface area (Å²) in [5.41, 5.74) is 3.77. The van der Waals surface area contributed by atoms with Crippen molar-refractivity contribution < 1.29 is 4.79 Å². The predicted molar refractivity (Wildman–Crippen MR) is 112 cm³/mol. The number of para-hydroxylation sites is 1. The largest absolute Gasteiger partial charge is 0.347 e. The summed E-state index contributed by atoms with van der Waals surface area (Å²) >= 11 is 0. The highest BCUT2D eigenvalue weighted by Crippen LogP contribution is 2.23. The van der Waals surface area contributed by atoms with Crippen molar-refractivity contribution >= 4 is 16.8 Å². The highest BCUT2D eigenvalue weighted by atomic mass is 16.1. The Balaban J connectivity index is 1.43. The molecule has 2 N–H and O–H groups in total. The van der Waals surface area contributed by atoms with E-state index in [0.29, 0.717) is 18.3 Å². The number of rotatable bonds is 6. The molecule has 28 heavy (non-hydrogen) atoms. The molecule has 0 bridgehead atoms. The van der Waals surface area contributed by atoms with Crippen molar-refractivity contribution in [3.8, 4) is 0 Å². The zero-order valence-corrected chi connectivity index (χ0v) is 16.4. The molecular weight excluding hydrogens is 348 g/mol. The Labute approximate surface area is 166 Å². The zero-order chi connectivity index (χ0) is 19.3. The van der Waals surface area contributed by atoms with Crippen LogP contribution in [-0.2, 0) is 13.1 Å². The molecular formula is C23H28N4O. The highest BCUT2D eigenvalue weighted by Gasteiger charge is 2.19. The van der Waals surface area contributed by atoms with E-state index in [4.69, 9.17) is 0 Å². The molecule has 0 atom stereocenters. The van der Waals surface area contributed by atoms with Gasteiger partial charge in [0.25, 0.3) is 5.91 Å². The number of hydrogen-bond donors (Lipinski definition) is 2. The number of amides is 1. The normalized spacial score (nSPS) is 15.2. The number of benzene rings is 2. The third-order valence-corrected chi connectivity index (χ3v) is 5.86. The summed E-state index contributed by atoms with van der Waals surface area (Å²) in [6.45, 7) is 1.43. The van der Waals surface area contributed by atoms with Crippen LogP contribution in [0.5, 0.6) is 0 Å². The molecule has 3 aromatic rings. The molecule has 1 saturated carbocycles. The van der Waals surface area contributed by atoms with Crippen LogP contribution in [0.4, 0.5) is 0 Å². The minimum absolute atomic E-state index is 0.145. The van der Waals surface area contributed by atoms with Gasteiger partial charge in [0.2, 0.25) is 0 Å². The molecule has 0 radical (unpaired) electrons. The van der Waals surface area contributed by atoms with E-state index in [9.17, 15) is 4.79 Å². The summed E-state index contributed by atoms with van der Waals surface area (Å²) in [5, 5.41) is 11.0. The van der Waals surface area contributed by atoms with Crippen molar-refractivity contribution in [1.29, 1.82) is 0 Å². The molecule has 1 fully saturated rings. The van der Waals surface area contributed by atoms with Gasteiger partial charge in [0, 0.05) is 24.5 Å². The average molecular weight is 377 g/mol. The van der Waals surface area contributed by atoms with Crippen LogP contribution < -0.4 is 5.32 Å². The number of aromatic amines is 1. The number of nitrogens with one attached hydrogen (secondary N) is 2. The molecule has 4 rings (SSSR count). The fraction of sp³-hybridized carbons (Fsp3) is 0.391. The number of aromatic nitrogens is 2. The summed E-state index contributed by atoms with van der Waals surface area (Å²) in [7, 11) is 2.22. The Kier molecular flexibility index (Phi) is 5.72. The summed E-state index contributed by atoms with van der Waals surface area (Å²) in [4.78, 5) is 15.1. The van der Waals surface area contributed by atoms with Gasteiger partial charge in [-0.3, -0.25) is 14.8 Å². The number of carbonyl (C=O) groups excluding carboxylic acids is 1. The first-order chi connectivity index (χ1) is 13.7. The molecule has 1 aromatic heterocycles. The van der Waals surface area contributed by atoms with E-state index in [2.05, 4.69) is 45.7 Å². The van der Waals surface area contributed by atoms with Crippen LogP contribution in [0.2, 0.25) is 0 Å². The molecule has 0 unspecified atom stereocenters. The third-order valence-electron chi connectivity index (χ3n) is 5.86. The second-order valence-corrected chi connectivity index (χ2v) is 7.78. The van der Waals surface area contributed by atoms with E-state index in [1.807, 2.05) is 30.3 Å². The van der Waals surface area contributed by atoms with E-state index in [1.165, 1.54) is 43.2 Å². The van der Waals surface area contributed by atoms with Crippen molar-refractivity contribution in [1.82, 2.24) is 20.4 Å². The van der Waals surface area contributed by atoms with Gasteiger partial charge in [-0.1, -0.05) is 61.7 Å². The van der Waals surface area contributed by atoms with E-state index in [-0.39, 0.29) is 5.91 Å². The summed E-state index contributed by atoms with van der Waals surface area (Å²) in [6.07, 6.45) is 6.63. The van der Waals surface area contributed by atoms with E-state index in [0.717, 1.165) is 17.4 Å². The number of hydrogen-bond acceptors (Lipinski definition) is 3. The lowest BCUT2D eigenvalue weighted by Gasteiger charge is -2.31. The molecule has 1 heterocycles. The Hall–Kier alpha value is -2.66. The van der Waals surface area contributed by atoms with Crippen LogP contribution in [0.15, 0.2) is 48.5 Å². The third kappa shape index (κ3) is 4.09. The first-order valence-corrected chi connectivity index (χ1v) is 10.2. The topological polar surface area (TPSA) is 61.0 Å². The highest BCUT2D eigenvalue weighted by molar-refractivity contribution is 6.04. The molecule has 0 spiro atoms. The lowest BCUT2D eigenvalue weighted by molar-refractivity contribution is 0.0947. The quantitative estimate of drug-likeness (QED) is 0.676. The fourth-order valence-electron chi connectivity index (χ4n) is 4.20. The van der Waals surface area contributed by atoms with Crippen LogP contribution in [0.25, 0.3) is 10.9 Å². The van der Waals surface area contributed by atoms with Crippen LogP contribution in [0, 0.1) is 0 Å². The minimum atomic E-state index is -0.145. The first kappa shape index (κ1) is 18.7. The standard InChI is InChI=1S/C23H28N4O/c1-27(19-11-3-2-4-12-19)16-18-10-6-5-9-17(18)15-24-23(28)22-20-13-7-8-14-21(20)25-26-22/h5-10,13-14,19H,2-4,11-12,15-16H2,1H3,(H,24,28)(H,25,26). The average Bonchev–Trinajstić information content (AvgIpc) is 3.18. The Morgan fingerprint density at radius 1 is 1.07 bits per heavy atom. The Morgan fingerprint density at radius 2 is 1.79 bits per heavy atom. The second kappa shape index (κ2) is 8.57. The maximum Gasteiger partial charge on any atom is 0.272 e. The molecule has 5 heteroatoms. The SMILES string of the molecule is CN(Cc1ccccc1CNC(=O)c1n[nH]c2ccccc12)C1CCCCC1. The zero-order valence-electron chi connectivity index (χ0n) is 16.4. The maximum absolute atomic E-state index is 12.7. The van der Waals surface area contributed by atoms with Gasteiger partial charge in [-0.2, -0.15) is 5.10 Å². The molecule has 1 aliphatic rings. The second-order valence-electron chi connectivity index (χ2n) is 7.78. The van der Waals surface area contributed by atoms with Gasteiger partial charge in [-0.15, -0.1) is 0 Å². The molecule has 1 aliphatic carbocycles. The molecule has 5 nitrogen and oxygen atoms in total. The van der Waals surface area contributed by atoms with E-state index in [1.54, 1.807) is 0 Å². The van der Waals surface area contributed by atoms with Crippen molar-refractivity contribution in [2.45, 2.75) is 51.2 Å². The Morgan fingerprint density at radius 3 is 2.61 bits per heavy atom. The molecule has 146 valence electrons. The van der Waals surface area contributed by atoms with Gasteiger partial charge < -0.3 is 5.32 Å².